The first-order chi connectivity index (χ1) is 9.43. The second-order valence-electron chi connectivity index (χ2n) is 6.01. The zero-order chi connectivity index (χ0) is 14.8. The minimum atomic E-state index is -0.903. The molecule has 0 spiro atoms. The van der Waals surface area contributed by atoms with Crippen molar-refractivity contribution in [3.63, 3.8) is 0 Å². The van der Waals surface area contributed by atoms with Crippen LogP contribution in [0.5, 0.6) is 0 Å². The van der Waals surface area contributed by atoms with Crippen LogP contribution < -0.4 is 0 Å². The van der Waals surface area contributed by atoms with Crippen LogP contribution in [0.3, 0.4) is 0 Å². The van der Waals surface area contributed by atoms with E-state index in [4.69, 9.17) is 9.84 Å². The molecule has 0 radical (unpaired) electrons. The third-order valence-corrected chi connectivity index (χ3v) is 4.48. The number of aliphatic hydroxyl groups is 1. The Morgan fingerprint density at radius 2 is 1.85 bits per heavy atom. The second-order valence-corrected chi connectivity index (χ2v) is 6.01. The Morgan fingerprint density at radius 3 is 2.45 bits per heavy atom. The topological polar surface area (TPSA) is 87.1 Å². The summed E-state index contributed by atoms with van der Waals surface area (Å²) in [5.74, 6) is -2.07. The van der Waals surface area contributed by atoms with Crippen LogP contribution in [0.4, 0.5) is 0 Å². The smallest absolute Gasteiger partial charge is 0.307 e. The fourth-order valence-corrected chi connectivity index (χ4v) is 3.26. The van der Waals surface area contributed by atoms with Crippen LogP contribution in [0, 0.1) is 11.8 Å². The Labute approximate surface area is 118 Å². The molecule has 0 aromatic heterocycles. The normalized spacial score (nSPS) is 29.1. The average molecular weight is 285 g/mol. The number of hydrogen-bond acceptors (Lipinski definition) is 4. The Bertz CT molecular complexity index is 378. The largest absolute Gasteiger partial charge is 0.481 e. The van der Waals surface area contributed by atoms with E-state index in [0.29, 0.717) is 38.9 Å². The predicted molar refractivity (Wildman–Crippen MR) is 71.1 cm³/mol. The molecule has 0 aromatic rings. The summed E-state index contributed by atoms with van der Waals surface area (Å²) < 4.78 is 5.21. The molecule has 2 unspecified atom stereocenters. The number of likely N-dealkylation sites (N-methyl/N-ethyl adjacent to an activating group) is 1. The molecule has 1 saturated carbocycles. The standard InChI is InChI=1S/C14H23NO5/c1-15(9-14(19)5-7-20-8-6-14)12(16)10-3-2-4-11(10)13(17)18/h10-11,19H,2-9H2,1H3,(H,17,18). The van der Waals surface area contributed by atoms with Gasteiger partial charge in [0.05, 0.1) is 17.4 Å². The Kier molecular flexibility index (Phi) is 4.65. The van der Waals surface area contributed by atoms with E-state index < -0.39 is 23.4 Å². The number of aliphatic carboxylic acids is 1. The summed E-state index contributed by atoms with van der Waals surface area (Å²) in [6.07, 6.45) is 2.99. The maximum atomic E-state index is 12.4. The van der Waals surface area contributed by atoms with Gasteiger partial charge in [-0.25, -0.2) is 0 Å². The van der Waals surface area contributed by atoms with Crippen LogP contribution in [0.1, 0.15) is 32.1 Å². The lowest BCUT2D eigenvalue weighted by molar-refractivity contribution is -0.150. The molecule has 6 nitrogen and oxygen atoms in total. The van der Waals surface area contributed by atoms with Gasteiger partial charge in [-0.2, -0.15) is 0 Å². The highest BCUT2D eigenvalue weighted by Crippen LogP contribution is 2.33. The number of carbonyl (C=O) groups excluding carboxylic acids is 1. The SMILES string of the molecule is CN(CC1(O)CCOCC1)C(=O)C1CCCC1C(=O)O. The summed E-state index contributed by atoms with van der Waals surface area (Å²) in [6.45, 7) is 1.25. The first-order valence-electron chi connectivity index (χ1n) is 7.21. The Hall–Kier alpha value is -1.14. The number of carbonyl (C=O) groups is 2. The number of amides is 1. The van der Waals surface area contributed by atoms with E-state index in [2.05, 4.69) is 0 Å². The fraction of sp³-hybridized carbons (Fsp3) is 0.857. The molecule has 1 saturated heterocycles. The molecule has 2 rings (SSSR count). The van der Waals surface area contributed by atoms with E-state index in [0.717, 1.165) is 6.42 Å². The summed E-state index contributed by atoms with van der Waals surface area (Å²) in [5, 5.41) is 19.6. The molecule has 1 aliphatic carbocycles. The van der Waals surface area contributed by atoms with Gasteiger partial charge in [0.25, 0.3) is 0 Å². The highest BCUT2D eigenvalue weighted by Gasteiger charge is 2.41. The minimum absolute atomic E-state index is 0.158. The highest BCUT2D eigenvalue weighted by molar-refractivity contribution is 5.85. The molecule has 2 N–H and O–H groups in total. The van der Waals surface area contributed by atoms with Gasteiger partial charge in [-0.05, 0) is 12.8 Å². The fourth-order valence-electron chi connectivity index (χ4n) is 3.26. The Balaban J connectivity index is 1.96. The van der Waals surface area contributed by atoms with Crippen molar-refractivity contribution in [3.8, 4) is 0 Å². The van der Waals surface area contributed by atoms with Crippen molar-refractivity contribution in [2.75, 3.05) is 26.8 Å². The summed E-state index contributed by atoms with van der Waals surface area (Å²) in [5.41, 5.74) is -0.903. The van der Waals surface area contributed by atoms with Crippen LogP contribution in [0.15, 0.2) is 0 Å². The lowest BCUT2D eigenvalue weighted by Crippen LogP contribution is -2.49. The van der Waals surface area contributed by atoms with Gasteiger partial charge in [-0.1, -0.05) is 6.42 Å². The molecular weight excluding hydrogens is 262 g/mol. The zero-order valence-corrected chi connectivity index (χ0v) is 11.9. The first-order valence-corrected chi connectivity index (χ1v) is 7.21. The van der Waals surface area contributed by atoms with Crippen LogP contribution in [-0.2, 0) is 14.3 Å². The van der Waals surface area contributed by atoms with E-state index in [1.165, 1.54) is 4.90 Å². The summed E-state index contributed by atoms with van der Waals surface area (Å²) >= 11 is 0. The number of rotatable bonds is 4. The number of carboxylic acids is 1. The maximum absolute atomic E-state index is 12.4. The molecular formula is C14H23NO5. The lowest BCUT2D eigenvalue weighted by atomic mass is 9.91. The van der Waals surface area contributed by atoms with Crippen LogP contribution in [0.25, 0.3) is 0 Å². The van der Waals surface area contributed by atoms with Gasteiger partial charge in [0.2, 0.25) is 5.91 Å². The van der Waals surface area contributed by atoms with E-state index in [9.17, 15) is 14.7 Å². The molecule has 1 heterocycles. The predicted octanol–water partition coefficient (Wildman–Crippen LogP) is 0.487. The molecule has 6 heteroatoms. The van der Waals surface area contributed by atoms with Crippen LogP contribution in [-0.4, -0.2) is 59.4 Å². The second kappa shape index (κ2) is 6.10. The van der Waals surface area contributed by atoms with E-state index in [-0.39, 0.29) is 12.5 Å². The molecule has 1 amide bonds. The Morgan fingerprint density at radius 1 is 1.25 bits per heavy atom. The summed E-state index contributed by atoms with van der Waals surface area (Å²) in [4.78, 5) is 25.0. The van der Waals surface area contributed by atoms with Crippen molar-refractivity contribution in [3.05, 3.63) is 0 Å². The van der Waals surface area contributed by atoms with Gasteiger partial charge in [0, 0.05) is 39.6 Å². The van der Waals surface area contributed by atoms with Crippen molar-refractivity contribution in [1.82, 2.24) is 4.90 Å². The molecule has 0 bridgehead atoms. The highest BCUT2D eigenvalue weighted by atomic mass is 16.5. The van der Waals surface area contributed by atoms with E-state index >= 15 is 0 Å². The number of nitrogens with zero attached hydrogens (tertiary/aromatic N) is 1. The average Bonchev–Trinajstić information content (AvgIpc) is 2.87. The van der Waals surface area contributed by atoms with Gasteiger partial charge in [0.1, 0.15) is 0 Å². The van der Waals surface area contributed by atoms with Gasteiger partial charge < -0.3 is 19.8 Å². The molecule has 1 aliphatic heterocycles. The molecule has 0 aromatic carbocycles. The van der Waals surface area contributed by atoms with Gasteiger partial charge in [-0.3, -0.25) is 9.59 Å². The maximum Gasteiger partial charge on any atom is 0.307 e. The third kappa shape index (κ3) is 3.30. The third-order valence-electron chi connectivity index (χ3n) is 4.48. The van der Waals surface area contributed by atoms with Crippen LogP contribution >= 0.6 is 0 Å². The molecule has 20 heavy (non-hydrogen) atoms. The van der Waals surface area contributed by atoms with Crippen molar-refractivity contribution in [2.45, 2.75) is 37.7 Å². The molecule has 2 aliphatic rings. The van der Waals surface area contributed by atoms with Crippen molar-refractivity contribution in [2.24, 2.45) is 11.8 Å². The minimum Gasteiger partial charge on any atom is -0.481 e. The molecule has 2 fully saturated rings. The van der Waals surface area contributed by atoms with Gasteiger partial charge >= 0.3 is 5.97 Å². The lowest BCUT2D eigenvalue weighted by Gasteiger charge is -2.36. The van der Waals surface area contributed by atoms with Crippen molar-refractivity contribution < 1.29 is 24.5 Å². The number of carboxylic acid groups (broad SMARTS) is 1. The van der Waals surface area contributed by atoms with Gasteiger partial charge in [-0.15, -0.1) is 0 Å². The quantitative estimate of drug-likeness (QED) is 0.785. The monoisotopic (exact) mass is 285 g/mol. The van der Waals surface area contributed by atoms with Crippen molar-refractivity contribution in [1.29, 1.82) is 0 Å². The summed E-state index contributed by atoms with van der Waals surface area (Å²) in [6, 6.07) is 0. The van der Waals surface area contributed by atoms with Crippen LogP contribution in [0.2, 0.25) is 0 Å². The van der Waals surface area contributed by atoms with Crippen molar-refractivity contribution >= 4 is 11.9 Å². The van der Waals surface area contributed by atoms with Gasteiger partial charge in [0.15, 0.2) is 0 Å². The molecule has 114 valence electrons. The number of ether oxygens (including phenoxy) is 1. The summed E-state index contributed by atoms with van der Waals surface area (Å²) in [7, 11) is 1.65. The van der Waals surface area contributed by atoms with E-state index in [1.54, 1.807) is 7.05 Å². The number of hydrogen-bond donors (Lipinski definition) is 2. The van der Waals surface area contributed by atoms with E-state index in [1.807, 2.05) is 0 Å². The zero-order valence-electron chi connectivity index (χ0n) is 11.9. The first kappa shape index (κ1) is 15.3. The molecule has 2 atom stereocenters.